The molecule has 0 unspecified atom stereocenters. The molecular weight excluding hydrogens is 216 g/mol. The van der Waals surface area contributed by atoms with Gasteiger partial charge in [-0.1, -0.05) is 0 Å². The molecule has 7 heteroatoms. The summed E-state index contributed by atoms with van der Waals surface area (Å²) in [6.45, 7) is -0.380. The van der Waals surface area contributed by atoms with Gasteiger partial charge in [-0.3, -0.25) is 4.79 Å². The summed E-state index contributed by atoms with van der Waals surface area (Å²) in [6, 6.07) is -0.701. The van der Waals surface area contributed by atoms with Crippen LogP contribution in [0.25, 0.3) is 0 Å². The van der Waals surface area contributed by atoms with Crippen molar-refractivity contribution in [2.24, 2.45) is 0 Å². The molecule has 1 fully saturated rings. The second kappa shape index (κ2) is 4.78. The fraction of sp³-hybridized carbons (Fsp3) is 0.875. The van der Waals surface area contributed by atoms with E-state index in [4.69, 9.17) is 0 Å². The summed E-state index contributed by atoms with van der Waals surface area (Å²) < 4.78 is 47.8. The average Bonchev–Trinajstić information content (AvgIpc) is 2.49. The lowest BCUT2D eigenvalue weighted by molar-refractivity contribution is -0.136. The Morgan fingerprint density at radius 1 is 1.47 bits per heavy atom. The smallest absolute Gasteiger partial charge is 0.354 e. The van der Waals surface area contributed by atoms with Crippen molar-refractivity contribution in [2.75, 3.05) is 13.1 Å². The summed E-state index contributed by atoms with van der Waals surface area (Å²) >= 11 is 0. The predicted molar refractivity (Wildman–Crippen MR) is 45.0 cm³/mol. The van der Waals surface area contributed by atoms with Gasteiger partial charge in [-0.05, 0) is 0 Å². The van der Waals surface area contributed by atoms with Gasteiger partial charge in [-0.2, -0.15) is 13.2 Å². The van der Waals surface area contributed by atoms with Gasteiger partial charge in [-0.15, -0.1) is 0 Å². The fourth-order valence-corrected chi connectivity index (χ4v) is 1.34. The lowest BCUT2D eigenvalue weighted by atomic mass is 10.2. The molecule has 1 saturated heterocycles. The van der Waals surface area contributed by atoms with Crippen LogP contribution in [0.1, 0.15) is 12.8 Å². The normalized spacial score (nSPS) is 26.7. The van der Waals surface area contributed by atoms with Crippen molar-refractivity contribution in [3.05, 3.63) is 0 Å². The number of rotatable bonds is 3. The SMILES string of the molecule is O=C(NCCC(F)(F)F)[C@H]1C[C@H](F)CN1. The Kier molecular flexibility index (Phi) is 3.90. The van der Waals surface area contributed by atoms with E-state index in [2.05, 4.69) is 10.6 Å². The van der Waals surface area contributed by atoms with E-state index < -0.39 is 37.3 Å². The summed E-state index contributed by atoms with van der Waals surface area (Å²) in [5, 5.41) is 4.70. The summed E-state index contributed by atoms with van der Waals surface area (Å²) in [7, 11) is 0. The molecule has 15 heavy (non-hydrogen) atoms. The van der Waals surface area contributed by atoms with Gasteiger partial charge >= 0.3 is 6.18 Å². The number of amides is 1. The number of carbonyl (C=O) groups excluding carboxylic acids is 1. The number of hydrogen-bond donors (Lipinski definition) is 2. The zero-order valence-corrected chi connectivity index (χ0v) is 7.90. The van der Waals surface area contributed by atoms with Crippen LogP contribution in [0.2, 0.25) is 0 Å². The Labute approximate surface area is 84.2 Å². The van der Waals surface area contributed by atoms with Crippen LogP contribution in [0.5, 0.6) is 0 Å². The minimum atomic E-state index is -4.28. The van der Waals surface area contributed by atoms with E-state index in [9.17, 15) is 22.4 Å². The van der Waals surface area contributed by atoms with Crippen molar-refractivity contribution in [1.82, 2.24) is 10.6 Å². The average molecular weight is 228 g/mol. The van der Waals surface area contributed by atoms with Gasteiger partial charge < -0.3 is 10.6 Å². The van der Waals surface area contributed by atoms with Crippen molar-refractivity contribution in [2.45, 2.75) is 31.2 Å². The minimum Gasteiger partial charge on any atom is -0.354 e. The number of alkyl halides is 4. The van der Waals surface area contributed by atoms with Crippen LogP contribution in [0.3, 0.4) is 0 Å². The molecule has 0 aromatic carbocycles. The minimum absolute atomic E-state index is 0.0256. The first-order chi connectivity index (χ1) is 6.88. The van der Waals surface area contributed by atoms with Gasteiger partial charge in [0.1, 0.15) is 6.17 Å². The molecule has 3 nitrogen and oxygen atoms in total. The number of halogens is 4. The Balaban J connectivity index is 2.19. The highest BCUT2D eigenvalue weighted by atomic mass is 19.4. The predicted octanol–water partition coefficient (Wildman–Crippen LogP) is 0.755. The standard InChI is InChI=1S/C8H12F4N2O/c9-5-3-6(14-4-5)7(15)13-2-1-8(10,11)12/h5-6,14H,1-4H2,(H,13,15)/t5-,6+/m0/s1. The maximum atomic E-state index is 12.6. The second-order valence-electron chi connectivity index (χ2n) is 3.45. The molecular formula is C8H12F4N2O. The van der Waals surface area contributed by atoms with E-state index in [1.165, 1.54) is 0 Å². The van der Waals surface area contributed by atoms with Gasteiger partial charge in [0.25, 0.3) is 0 Å². The Morgan fingerprint density at radius 2 is 2.13 bits per heavy atom. The van der Waals surface area contributed by atoms with E-state index in [-0.39, 0.29) is 13.0 Å². The maximum absolute atomic E-state index is 12.6. The first-order valence-electron chi connectivity index (χ1n) is 4.60. The molecule has 1 rings (SSSR count). The van der Waals surface area contributed by atoms with Gasteiger partial charge in [-0.25, -0.2) is 4.39 Å². The molecule has 2 N–H and O–H groups in total. The van der Waals surface area contributed by atoms with Crippen LogP contribution in [0.15, 0.2) is 0 Å². The number of hydrogen-bond acceptors (Lipinski definition) is 2. The first-order valence-corrected chi connectivity index (χ1v) is 4.60. The molecule has 1 amide bonds. The summed E-state index contributed by atoms with van der Waals surface area (Å²) in [4.78, 5) is 11.2. The molecule has 1 heterocycles. The van der Waals surface area contributed by atoms with Gasteiger partial charge in [0.05, 0.1) is 12.5 Å². The monoisotopic (exact) mass is 228 g/mol. The van der Waals surface area contributed by atoms with Crippen LogP contribution in [0.4, 0.5) is 17.6 Å². The third-order valence-corrected chi connectivity index (χ3v) is 2.10. The van der Waals surface area contributed by atoms with Crippen molar-refractivity contribution < 1.29 is 22.4 Å². The lowest BCUT2D eigenvalue weighted by Gasteiger charge is -2.11. The molecule has 0 radical (unpaired) electrons. The third kappa shape index (κ3) is 4.46. The molecule has 1 aliphatic rings. The van der Waals surface area contributed by atoms with Crippen molar-refractivity contribution in [3.63, 3.8) is 0 Å². The summed E-state index contributed by atoms with van der Waals surface area (Å²) in [6.07, 6.45) is -6.41. The molecule has 0 spiro atoms. The quantitative estimate of drug-likeness (QED) is 0.700. The first kappa shape index (κ1) is 12.2. The molecule has 88 valence electrons. The zero-order valence-electron chi connectivity index (χ0n) is 7.90. The topological polar surface area (TPSA) is 41.1 Å². The van der Waals surface area contributed by atoms with Gasteiger partial charge in [0.2, 0.25) is 5.91 Å². The van der Waals surface area contributed by atoms with E-state index in [0.29, 0.717) is 0 Å². The zero-order chi connectivity index (χ0) is 11.5. The molecule has 0 aromatic rings. The highest BCUT2D eigenvalue weighted by Crippen LogP contribution is 2.18. The van der Waals surface area contributed by atoms with E-state index in [0.717, 1.165) is 0 Å². The largest absolute Gasteiger partial charge is 0.390 e. The van der Waals surface area contributed by atoms with Crippen molar-refractivity contribution in [1.29, 1.82) is 0 Å². The van der Waals surface area contributed by atoms with Gasteiger partial charge in [0.15, 0.2) is 0 Å². The molecule has 1 aliphatic heterocycles. The van der Waals surface area contributed by atoms with Crippen LogP contribution in [0, 0.1) is 0 Å². The van der Waals surface area contributed by atoms with Gasteiger partial charge in [0, 0.05) is 19.5 Å². The van der Waals surface area contributed by atoms with E-state index >= 15 is 0 Å². The molecule has 2 atom stereocenters. The van der Waals surface area contributed by atoms with Crippen molar-refractivity contribution in [3.8, 4) is 0 Å². The Bertz CT molecular complexity index is 231. The van der Waals surface area contributed by atoms with Crippen LogP contribution in [-0.4, -0.2) is 37.4 Å². The molecule has 0 bridgehead atoms. The highest BCUT2D eigenvalue weighted by Gasteiger charge is 2.30. The fourth-order valence-electron chi connectivity index (χ4n) is 1.34. The van der Waals surface area contributed by atoms with E-state index in [1.54, 1.807) is 0 Å². The van der Waals surface area contributed by atoms with Crippen LogP contribution >= 0.6 is 0 Å². The number of carbonyl (C=O) groups is 1. The Hall–Kier alpha value is -0.850. The molecule has 0 aliphatic carbocycles. The number of nitrogens with one attached hydrogen (secondary N) is 2. The summed E-state index contributed by atoms with van der Waals surface area (Å²) in [5.74, 6) is -0.570. The Morgan fingerprint density at radius 3 is 2.60 bits per heavy atom. The van der Waals surface area contributed by atoms with Crippen LogP contribution in [-0.2, 0) is 4.79 Å². The van der Waals surface area contributed by atoms with Crippen molar-refractivity contribution >= 4 is 5.91 Å². The van der Waals surface area contributed by atoms with Crippen LogP contribution < -0.4 is 10.6 Å². The highest BCUT2D eigenvalue weighted by molar-refractivity contribution is 5.82. The van der Waals surface area contributed by atoms with E-state index in [1.807, 2.05) is 0 Å². The molecule has 0 saturated carbocycles. The maximum Gasteiger partial charge on any atom is 0.390 e. The molecule has 0 aromatic heterocycles. The second-order valence-corrected chi connectivity index (χ2v) is 3.45. The lowest BCUT2D eigenvalue weighted by Crippen LogP contribution is -2.41. The third-order valence-electron chi connectivity index (χ3n) is 2.10. The summed E-state index contributed by atoms with van der Waals surface area (Å²) in [5.41, 5.74) is 0.